The lowest BCUT2D eigenvalue weighted by Crippen LogP contribution is -2.47. The quantitative estimate of drug-likeness (QED) is 0.349. The van der Waals surface area contributed by atoms with Gasteiger partial charge in [-0.1, -0.05) is 31.0 Å². The highest BCUT2D eigenvalue weighted by molar-refractivity contribution is 5.84. The van der Waals surface area contributed by atoms with Gasteiger partial charge < -0.3 is 20.4 Å². The Labute approximate surface area is 194 Å². The van der Waals surface area contributed by atoms with Crippen molar-refractivity contribution < 1.29 is 4.79 Å². The van der Waals surface area contributed by atoms with E-state index in [9.17, 15) is 4.79 Å². The van der Waals surface area contributed by atoms with Gasteiger partial charge in [-0.25, -0.2) is 0 Å². The van der Waals surface area contributed by atoms with Crippen LogP contribution in [-0.4, -0.2) is 88.1 Å². The third-order valence-corrected chi connectivity index (χ3v) is 6.74. The van der Waals surface area contributed by atoms with Crippen molar-refractivity contribution in [3.05, 3.63) is 30.3 Å². The van der Waals surface area contributed by atoms with Gasteiger partial charge in [-0.05, 0) is 44.9 Å². The molecule has 1 aromatic rings. The summed E-state index contributed by atoms with van der Waals surface area (Å²) in [5.41, 5.74) is 1.01. The number of para-hydroxylation sites is 1. The summed E-state index contributed by atoms with van der Waals surface area (Å²) < 4.78 is 0. The number of nitrogens with one attached hydrogen (secondary N) is 2. The molecule has 1 heterocycles. The van der Waals surface area contributed by atoms with Crippen LogP contribution in [0.5, 0.6) is 0 Å². The molecule has 0 unspecified atom stereocenters. The molecule has 1 aromatic carbocycles. The Hall–Kier alpha value is -2.28. The van der Waals surface area contributed by atoms with E-state index < -0.39 is 0 Å². The molecule has 1 saturated heterocycles. The van der Waals surface area contributed by atoms with Gasteiger partial charge in [0.25, 0.3) is 0 Å². The molecule has 2 aliphatic rings. The molecule has 3 rings (SSSR count). The van der Waals surface area contributed by atoms with E-state index in [2.05, 4.69) is 57.7 Å². The van der Waals surface area contributed by atoms with Crippen LogP contribution in [0.2, 0.25) is 0 Å². The van der Waals surface area contributed by atoms with E-state index in [1.807, 2.05) is 14.1 Å². The largest absolute Gasteiger partial charge is 0.369 e. The van der Waals surface area contributed by atoms with Gasteiger partial charge in [0.2, 0.25) is 5.91 Å². The van der Waals surface area contributed by atoms with Crippen molar-refractivity contribution >= 4 is 17.6 Å². The number of piperazine rings is 1. The van der Waals surface area contributed by atoms with Gasteiger partial charge in [-0.15, -0.1) is 0 Å². The van der Waals surface area contributed by atoms with E-state index in [0.29, 0.717) is 6.54 Å². The minimum Gasteiger partial charge on any atom is -0.369 e. The van der Waals surface area contributed by atoms with Crippen LogP contribution >= 0.6 is 0 Å². The van der Waals surface area contributed by atoms with Gasteiger partial charge in [0.1, 0.15) is 0 Å². The summed E-state index contributed by atoms with van der Waals surface area (Å²) in [4.78, 5) is 24.4. The highest BCUT2D eigenvalue weighted by atomic mass is 16.2. The maximum atomic E-state index is 12.8. The van der Waals surface area contributed by atoms with Crippen LogP contribution in [-0.2, 0) is 4.79 Å². The van der Waals surface area contributed by atoms with Gasteiger partial charge in [0.05, 0.1) is 12.0 Å². The maximum Gasteiger partial charge on any atom is 0.230 e. The summed E-state index contributed by atoms with van der Waals surface area (Å²) in [6, 6.07) is 10.7. The normalized spacial score (nSPS) is 19.1. The molecule has 32 heavy (non-hydrogen) atoms. The van der Waals surface area contributed by atoms with Gasteiger partial charge in [-0.2, -0.15) is 0 Å². The van der Waals surface area contributed by atoms with Crippen LogP contribution in [0, 0.1) is 5.41 Å². The first-order chi connectivity index (χ1) is 15.5. The highest BCUT2D eigenvalue weighted by Crippen LogP contribution is 2.39. The number of carbonyl (C=O) groups is 1. The lowest BCUT2D eigenvalue weighted by molar-refractivity contribution is -0.138. The molecule has 0 spiro atoms. The van der Waals surface area contributed by atoms with Gasteiger partial charge in [0.15, 0.2) is 5.96 Å². The molecule has 0 aromatic heterocycles. The van der Waals surface area contributed by atoms with Gasteiger partial charge in [0, 0.05) is 59.1 Å². The first-order valence-corrected chi connectivity index (χ1v) is 12.3. The molecule has 0 bridgehead atoms. The Morgan fingerprint density at radius 2 is 1.75 bits per heavy atom. The number of aliphatic imine (C=N–C) groups is 1. The van der Waals surface area contributed by atoms with Crippen molar-refractivity contribution in [2.45, 2.75) is 39.0 Å². The second-order valence-corrected chi connectivity index (χ2v) is 9.33. The molecule has 0 radical (unpaired) electrons. The summed E-state index contributed by atoms with van der Waals surface area (Å²) in [5, 5.41) is 6.83. The van der Waals surface area contributed by atoms with E-state index in [4.69, 9.17) is 4.99 Å². The summed E-state index contributed by atoms with van der Waals surface area (Å²) in [5.74, 6) is 1.06. The summed E-state index contributed by atoms with van der Waals surface area (Å²) in [6.45, 7) is 9.85. The van der Waals surface area contributed by atoms with Crippen LogP contribution in [0.4, 0.5) is 5.69 Å². The molecular weight excluding hydrogens is 400 g/mol. The third kappa shape index (κ3) is 6.61. The monoisotopic (exact) mass is 442 g/mol. The molecule has 0 atom stereocenters. The second-order valence-electron chi connectivity index (χ2n) is 9.33. The van der Waals surface area contributed by atoms with Crippen LogP contribution < -0.4 is 15.5 Å². The fourth-order valence-corrected chi connectivity index (χ4v) is 4.92. The topological polar surface area (TPSA) is 63.2 Å². The lowest BCUT2D eigenvalue weighted by Gasteiger charge is -2.36. The number of nitrogens with zero attached hydrogens (tertiary/aromatic N) is 4. The molecule has 7 heteroatoms. The van der Waals surface area contributed by atoms with Crippen molar-refractivity contribution in [2.24, 2.45) is 10.4 Å². The molecule has 1 aliphatic carbocycles. The summed E-state index contributed by atoms with van der Waals surface area (Å²) in [6.07, 6.45) is 5.22. The van der Waals surface area contributed by atoms with Crippen LogP contribution in [0.25, 0.3) is 0 Å². The average Bonchev–Trinajstić information content (AvgIpc) is 3.30. The SMILES string of the molecule is CCNC(=NCC1(C(=O)N(C)C)CCCC1)NCCCN1CCN(c2ccccc2)CC1. The third-order valence-electron chi connectivity index (χ3n) is 6.74. The number of hydrogen-bond acceptors (Lipinski definition) is 4. The first kappa shape index (κ1) is 24.4. The number of guanidine groups is 1. The molecule has 1 saturated carbocycles. The van der Waals surface area contributed by atoms with E-state index in [-0.39, 0.29) is 11.3 Å². The Morgan fingerprint density at radius 1 is 1.06 bits per heavy atom. The predicted molar refractivity (Wildman–Crippen MR) is 133 cm³/mol. The fourth-order valence-electron chi connectivity index (χ4n) is 4.92. The van der Waals surface area contributed by atoms with E-state index in [1.165, 1.54) is 5.69 Å². The Morgan fingerprint density at radius 3 is 2.38 bits per heavy atom. The maximum absolute atomic E-state index is 12.8. The highest BCUT2D eigenvalue weighted by Gasteiger charge is 2.42. The van der Waals surface area contributed by atoms with Crippen LogP contribution in [0.15, 0.2) is 35.3 Å². The Kier molecular flexibility index (Phi) is 9.21. The number of amides is 1. The average molecular weight is 443 g/mol. The Bertz CT molecular complexity index is 721. The molecule has 2 fully saturated rings. The molecule has 1 aliphatic heterocycles. The first-order valence-electron chi connectivity index (χ1n) is 12.3. The minimum absolute atomic E-state index is 0.226. The van der Waals surface area contributed by atoms with Crippen molar-refractivity contribution in [3.63, 3.8) is 0 Å². The van der Waals surface area contributed by atoms with E-state index in [0.717, 1.165) is 83.9 Å². The van der Waals surface area contributed by atoms with Gasteiger partial charge >= 0.3 is 0 Å². The smallest absolute Gasteiger partial charge is 0.230 e. The number of hydrogen-bond donors (Lipinski definition) is 2. The van der Waals surface area contributed by atoms with Crippen molar-refractivity contribution in [1.82, 2.24) is 20.4 Å². The number of carbonyl (C=O) groups excluding carboxylic acids is 1. The lowest BCUT2D eigenvalue weighted by atomic mass is 9.85. The van der Waals surface area contributed by atoms with Crippen molar-refractivity contribution in [2.75, 3.05) is 71.4 Å². The molecule has 2 N–H and O–H groups in total. The zero-order chi connectivity index (χ0) is 22.8. The van der Waals surface area contributed by atoms with Crippen molar-refractivity contribution in [1.29, 1.82) is 0 Å². The number of benzene rings is 1. The molecule has 178 valence electrons. The predicted octanol–water partition coefficient (Wildman–Crippen LogP) is 2.40. The zero-order valence-corrected chi connectivity index (χ0v) is 20.3. The Balaban J connectivity index is 1.41. The van der Waals surface area contributed by atoms with E-state index >= 15 is 0 Å². The fraction of sp³-hybridized carbons (Fsp3) is 0.680. The van der Waals surface area contributed by atoms with Crippen LogP contribution in [0.3, 0.4) is 0 Å². The number of rotatable bonds is 9. The van der Waals surface area contributed by atoms with Crippen LogP contribution in [0.1, 0.15) is 39.0 Å². The van der Waals surface area contributed by atoms with Gasteiger partial charge in [-0.3, -0.25) is 14.7 Å². The minimum atomic E-state index is -0.315. The molecular formula is C25H42N6O. The summed E-state index contributed by atoms with van der Waals surface area (Å²) in [7, 11) is 3.71. The number of anilines is 1. The molecule has 1 amide bonds. The standard InChI is InChI=1S/C25H42N6O/c1-4-26-24(28-21-25(13-8-9-14-25)23(32)29(2)3)27-15-10-16-30-17-19-31(20-18-30)22-11-6-5-7-12-22/h5-7,11-12H,4,8-10,13-21H2,1-3H3,(H2,26,27,28). The zero-order valence-electron chi connectivity index (χ0n) is 20.3. The second kappa shape index (κ2) is 12.1. The molecule has 7 nitrogen and oxygen atoms in total. The van der Waals surface area contributed by atoms with Crippen molar-refractivity contribution in [3.8, 4) is 0 Å². The van der Waals surface area contributed by atoms with E-state index in [1.54, 1.807) is 4.90 Å². The summed E-state index contributed by atoms with van der Waals surface area (Å²) >= 11 is 0.